The van der Waals surface area contributed by atoms with Gasteiger partial charge in [-0.3, -0.25) is 4.99 Å². The number of nitrogens with one attached hydrogen (secondary N) is 2. The van der Waals surface area contributed by atoms with Crippen molar-refractivity contribution in [2.45, 2.75) is 19.8 Å². The van der Waals surface area contributed by atoms with E-state index >= 15 is 0 Å². The molecule has 0 saturated carbocycles. The molecule has 0 aliphatic rings. The number of thioether (sulfide) groups is 1. The summed E-state index contributed by atoms with van der Waals surface area (Å²) in [6.07, 6.45) is 3.53. The number of rotatable bonds is 9. The Morgan fingerprint density at radius 1 is 1.32 bits per heavy atom. The number of guanidine groups is 1. The second-order valence-electron chi connectivity index (χ2n) is 5.85. The molecule has 4 N–H and O–H groups in total. The number of hydrogen-bond acceptors (Lipinski definition) is 5. The fraction of sp³-hybridized carbons (Fsp3) is 0.421. The van der Waals surface area contributed by atoms with Crippen molar-refractivity contribution in [3.63, 3.8) is 0 Å². The molecule has 1 aromatic carbocycles. The normalized spacial score (nSPS) is 10.8. The number of nitriles is 1. The van der Waals surface area contributed by atoms with Crippen molar-refractivity contribution in [1.82, 2.24) is 20.4 Å². The van der Waals surface area contributed by atoms with Gasteiger partial charge in [0.25, 0.3) is 0 Å². The molecule has 9 heteroatoms. The molecule has 0 bridgehead atoms. The van der Waals surface area contributed by atoms with Crippen molar-refractivity contribution in [3.8, 4) is 11.8 Å². The molecular weight excluding hydrogens is 485 g/mol. The van der Waals surface area contributed by atoms with Gasteiger partial charge in [0.05, 0.1) is 11.4 Å². The van der Waals surface area contributed by atoms with E-state index < -0.39 is 0 Å². The molecular formula is C19H28IN7S. The quantitative estimate of drug-likeness (QED) is 0.206. The van der Waals surface area contributed by atoms with Crippen molar-refractivity contribution in [2.24, 2.45) is 4.99 Å². The van der Waals surface area contributed by atoms with Crippen LogP contribution >= 0.6 is 35.7 Å². The standard InChI is InChI=1S/C19H27N7S.HI/c1-3-22-19(24-12-13-27-2)23-11-7-10-17-16(14-20)18(21)26(25-17)15-8-5-4-6-9-15;/h4-6,8-9H,3,7,10-13,21H2,1-2H3,(H2,22,23,24);1H. The van der Waals surface area contributed by atoms with Crippen LogP contribution in [0.4, 0.5) is 5.82 Å². The highest BCUT2D eigenvalue weighted by atomic mass is 127. The number of para-hydroxylation sites is 1. The molecule has 2 aromatic rings. The predicted molar refractivity (Wildman–Crippen MR) is 129 cm³/mol. The van der Waals surface area contributed by atoms with Crippen molar-refractivity contribution in [1.29, 1.82) is 5.26 Å². The largest absolute Gasteiger partial charge is 0.382 e. The molecule has 0 spiro atoms. The van der Waals surface area contributed by atoms with E-state index in [0.717, 1.165) is 42.6 Å². The Balaban J connectivity index is 0.00000392. The van der Waals surface area contributed by atoms with Crippen molar-refractivity contribution in [2.75, 3.05) is 37.4 Å². The number of nitrogens with zero attached hydrogens (tertiary/aromatic N) is 4. The van der Waals surface area contributed by atoms with Gasteiger partial charge in [-0.25, -0.2) is 4.68 Å². The average molecular weight is 513 g/mol. The van der Waals surface area contributed by atoms with E-state index in [-0.39, 0.29) is 24.0 Å². The maximum absolute atomic E-state index is 9.46. The Morgan fingerprint density at radius 3 is 2.71 bits per heavy atom. The van der Waals surface area contributed by atoms with Gasteiger partial charge < -0.3 is 16.4 Å². The first-order chi connectivity index (χ1) is 13.2. The van der Waals surface area contributed by atoms with Crippen LogP contribution in [0.5, 0.6) is 0 Å². The number of hydrogen-bond donors (Lipinski definition) is 3. The van der Waals surface area contributed by atoms with Crippen LogP contribution in [-0.4, -0.2) is 47.4 Å². The third kappa shape index (κ3) is 6.91. The molecule has 0 aliphatic heterocycles. The average Bonchev–Trinajstić information content (AvgIpc) is 3.01. The van der Waals surface area contributed by atoms with Gasteiger partial charge in [-0.1, -0.05) is 18.2 Å². The summed E-state index contributed by atoms with van der Waals surface area (Å²) in [5.74, 6) is 2.24. The van der Waals surface area contributed by atoms with Gasteiger partial charge in [0.2, 0.25) is 0 Å². The number of anilines is 1. The molecule has 0 unspecified atom stereocenters. The van der Waals surface area contributed by atoms with Gasteiger partial charge in [0.15, 0.2) is 5.96 Å². The summed E-state index contributed by atoms with van der Waals surface area (Å²) in [4.78, 5) is 4.58. The van der Waals surface area contributed by atoms with Crippen LogP contribution in [0.3, 0.4) is 0 Å². The summed E-state index contributed by atoms with van der Waals surface area (Å²) in [6, 6.07) is 11.8. The number of benzene rings is 1. The van der Waals surface area contributed by atoms with E-state index in [1.165, 1.54) is 0 Å². The van der Waals surface area contributed by atoms with Crippen LogP contribution in [0.2, 0.25) is 0 Å². The number of halogens is 1. The smallest absolute Gasteiger partial charge is 0.191 e. The van der Waals surface area contributed by atoms with Crippen LogP contribution in [0.15, 0.2) is 35.3 Å². The highest BCUT2D eigenvalue weighted by Gasteiger charge is 2.16. The topological polar surface area (TPSA) is 104 Å². The fourth-order valence-electron chi connectivity index (χ4n) is 2.59. The minimum Gasteiger partial charge on any atom is -0.382 e. The molecule has 7 nitrogen and oxygen atoms in total. The highest BCUT2D eigenvalue weighted by Crippen LogP contribution is 2.21. The molecule has 0 aliphatic carbocycles. The third-order valence-corrected chi connectivity index (χ3v) is 4.50. The first kappa shape index (κ1) is 24.1. The highest BCUT2D eigenvalue weighted by molar-refractivity contribution is 14.0. The number of nitrogen functional groups attached to an aromatic ring is 1. The second kappa shape index (κ2) is 13.3. The summed E-state index contributed by atoms with van der Waals surface area (Å²) >= 11 is 1.79. The summed E-state index contributed by atoms with van der Waals surface area (Å²) in [5.41, 5.74) is 8.15. The Hall–Kier alpha value is -1.93. The molecule has 0 atom stereocenters. The number of aryl methyl sites for hydroxylation is 1. The van der Waals surface area contributed by atoms with E-state index in [4.69, 9.17) is 5.73 Å². The summed E-state index contributed by atoms with van der Waals surface area (Å²) in [5, 5.41) is 20.6. The van der Waals surface area contributed by atoms with Crippen molar-refractivity contribution < 1.29 is 0 Å². The zero-order chi connectivity index (χ0) is 19.5. The van der Waals surface area contributed by atoms with Crippen LogP contribution in [0.25, 0.3) is 5.69 Å². The number of nitrogens with two attached hydrogens (primary N) is 1. The second-order valence-corrected chi connectivity index (χ2v) is 6.84. The van der Waals surface area contributed by atoms with Crippen LogP contribution in [0, 0.1) is 11.3 Å². The van der Waals surface area contributed by atoms with Gasteiger partial charge in [0, 0.05) is 25.4 Å². The lowest BCUT2D eigenvalue weighted by Gasteiger charge is -2.10. The first-order valence-electron chi connectivity index (χ1n) is 9.05. The van der Waals surface area contributed by atoms with Crippen molar-refractivity contribution >= 4 is 47.5 Å². The third-order valence-electron chi connectivity index (χ3n) is 3.89. The lowest BCUT2D eigenvalue weighted by atomic mass is 10.1. The van der Waals surface area contributed by atoms with Crippen LogP contribution in [-0.2, 0) is 6.42 Å². The van der Waals surface area contributed by atoms with Gasteiger partial charge in [-0.05, 0) is 38.2 Å². The number of aliphatic imine (C=N–C) groups is 1. The molecule has 0 radical (unpaired) electrons. The van der Waals surface area contributed by atoms with Gasteiger partial charge in [-0.15, -0.1) is 24.0 Å². The molecule has 152 valence electrons. The summed E-state index contributed by atoms with van der Waals surface area (Å²) < 4.78 is 1.63. The van der Waals surface area contributed by atoms with Crippen LogP contribution < -0.4 is 16.4 Å². The Bertz CT molecular complexity index is 784. The zero-order valence-electron chi connectivity index (χ0n) is 16.3. The maximum atomic E-state index is 9.46. The summed E-state index contributed by atoms with van der Waals surface area (Å²) in [6.45, 7) is 4.40. The maximum Gasteiger partial charge on any atom is 0.191 e. The van der Waals surface area contributed by atoms with Crippen LogP contribution in [0.1, 0.15) is 24.6 Å². The first-order valence-corrected chi connectivity index (χ1v) is 10.4. The molecule has 28 heavy (non-hydrogen) atoms. The Labute approximate surface area is 188 Å². The Morgan fingerprint density at radius 2 is 2.07 bits per heavy atom. The Kier molecular flexibility index (Phi) is 11.4. The minimum absolute atomic E-state index is 0. The van der Waals surface area contributed by atoms with Gasteiger partial charge in [0.1, 0.15) is 17.5 Å². The van der Waals surface area contributed by atoms with Crippen molar-refractivity contribution in [3.05, 3.63) is 41.6 Å². The molecule has 1 aromatic heterocycles. The minimum atomic E-state index is 0. The molecule has 0 saturated heterocycles. The van der Waals surface area contributed by atoms with E-state index in [9.17, 15) is 5.26 Å². The van der Waals surface area contributed by atoms with E-state index in [1.54, 1.807) is 16.4 Å². The van der Waals surface area contributed by atoms with E-state index in [2.05, 4.69) is 33.0 Å². The fourth-order valence-corrected chi connectivity index (χ4v) is 2.90. The van der Waals surface area contributed by atoms with E-state index in [0.29, 0.717) is 24.3 Å². The monoisotopic (exact) mass is 513 g/mol. The predicted octanol–water partition coefficient (Wildman–Crippen LogP) is 2.79. The lowest BCUT2D eigenvalue weighted by molar-refractivity contribution is 0.763. The zero-order valence-corrected chi connectivity index (χ0v) is 19.5. The molecule has 1 heterocycles. The molecule has 0 fully saturated rings. The van der Waals surface area contributed by atoms with Gasteiger partial charge >= 0.3 is 0 Å². The number of aromatic nitrogens is 2. The van der Waals surface area contributed by atoms with E-state index in [1.807, 2.05) is 37.3 Å². The molecule has 2 rings (SSSR count). The lowest BCUT2D eigenvalue weighted by Crippen LogP contribution is -2.38. The van der Waals surface area contributed by atoms with Gasteiger partial charge in [-0.2, -0.15) is 22.1 Å². The molecule has 0 amide bonds. The summed E-state index contributed by atoms with van der Waals surface area (Å²) in [7, 11) is 0. The SMILES string of the molecule is CCNC(=NCCCc1nn(-c2ccccc2)c(N)c1C#N)NCCSC.I.